The van der Waals surface area contributed by atoms with Gasteiger partial charge >= 0.3 is 0 Å². The van der Waals surface area contributed by atoms with Crippen LogP contribution in [0.25, 0.3) is 0 Å². The molecule has 0 radical (unpaired) electrons. The van der Waals surface area contributed by atoms with Gasteiger partial charge in [-0.1, -0.05) is 50.2 Å². The Labute approximate surface area is 127 Å². The van der Waals surface area contributed by atoms with Crippen molar-refractivity contribution < 1.29 is 0 Å². The van der Waals surface area contributed by atoms with E-state index in [9.17, 15) is 0 Å². The van der Waals surface area contributed by atoms with Crippen LogP contribution in [0.3, 0.4) is 0 Å². The van der Waals surface area contributed by atoms with E-state index in [-0.39, 0.29) is 0 Å². The Hall–Kier alpha value is -1.12. The van der Waals surface area contributed by atoms with Crippen molar-refractivity contribution in [3.05, 3.63) is 58.3 Å². The van der Waals surface area contributed by atoms with Crippen LogP contribution in [0.2, 0.25) is 0 Å². The van der Waals surface area contributed by atoms with Gasteiger partial charge in [0.15, 0.2) is 0 Å². The highest BCUT2D eigenvalue weighted by atomic mass is 32.1. The summed E-state index contributed by atoms with van der Waals surface area (Å²) in [5.41, 5.74) is 1.35. The molecule has 0 saturated heterocycles. The first-order valence-corrected chi connectivity index (χ1v) is 8.39. The molecular weight excluding hydrogens is 262 g/mol. The summed E-state index contributed by atoms with van der Waals surface area (Å²) < 4.78 is 0. The maximum absolute atomic E-state index is 3.80. The molecule has 2 rings (SSSR count). The molecule has 0 spiro atoms. The summed E-state index contributed by atoms with van der Waals surface area (Å²) in [5.74, 6) is 0.774. The summed E-state index contributed by atoms with van der Waals surface area (Å²) in [6.45, 7) is 6.88. The van der Waals surface area contributed by atoms with Crippen molar-refractivity contribution in [1.29, 1.82) is 0 Å². The zero-order chi connectivity index (χ0) is 14.4. The van der Waals surface area contributed by atoms with Gasteiger partial charge in [0, 0.05) is 10.9 Å². The highest BCUT2D eigenvalue weighted by Crippen LogP contribution is 2.27. The van der Waals surface area contributed by atoms with Crippen LogP contribution in [-0.2, 0) is 0 Å². The summed E-state index contributed by atoms with van der Waals surface area (Å²) in [4.78, 5) is 1.40. The van der Waals surface area contributed by atoms with Gasteiger partial charge in [-0.2, -0.15) is 0 Å². The predicted octanol–water partition coefficient (Wildman–Crippen LogP) is 5.25. The van der Waals surface area contributed by atoms with Crippen molar-refractivity contribution in [2.75, 3.05) is 0 Å². The number of rotatable bonds is 7. The monoisotopic (exact) mass is 287 g/mol. The van der Waals surface area contributed by atoms with E-state index in [4.69, 9.17) is 0 Å². The largest absolute Gasteiger partial charge is 0.303 e. The van der Waals surface area contributed by atoms with E-state index in [0.29, 0.717) is 12.1 Å². The molecule has 0 amide bonds. The Morgan fingerprint density at radius 3 is 2.30 bits per heavy atom. The van der Waals surface area contributed by atoms with Gasteiger partial charge in [-0.3, -0.25) is 0 Å². The molecule has 0 aliphatic rings. The molecule has 108 valence electrons. The topological polar surface area (TPSA) is 12.0 Å². The lowest BCUT2D eigenvalue weighted by Crippen LogP contribution is -2.31. The summed E-state index contributed by atoms with van der Waals surface area (Å²) in [7, 11) is 0. The Bertz CT molecular complexity index is 475. The van der Waals surface area contributed by atoms with Crippen LogP contribution in [0, 0.1) is 5.92 Å². The van der Waals surface area contributed by atoms with Crippen molar-refractivity contribution in [1.82, 2.24) is 5.32 Å². The minimum atomic E-state index is 0.318. The molecule has 0 fully saturated rings. The third kappa shape index (κ3) is 4.46. The molecule has 1 aromatic carbocycles. The van der Waals surface area contributed by atoms with Gasteiger partial charge in [0.25, 0.3) is 0 Å². The minimum absolute atomic E-state index is 0.318. The molecule has 0 aliphatic heterocycles. The average Bonchev–Trinajstić information content (AvgIpc) is 2.97. The SMILES string of the molecule is CC(C)CCC(C)NC(c1ccccc1)c1cccs1. The Morgan fingerprint density at radius 1 is 0.950 bits per heavy atom. The van der Waals surface area contributed by atoms with Crippen LogP contribution < -0.4 is 5.32 Å². The van der Waals surface area contributed by atoms with Crippen LogP contribution >= 0.6 is 11.3 Å². The van der Waals surface area contributed by atoms with Crippen molar-refractivity contribution in [2.24, 2.45) is 5.92 Å². The molecule has 2 heteroatoms. The van der Waals surface area contributed by atoms with Gasteiger partial charge in [-0.15, -0.1) is 11.3 Å². The molecule has 2 aromatic rings. The molecule has 1 N–H and O–H groups in total. The molecular formula is C18H25NS. The van der Waals surface area contributed by atoms with Crippen LogP contribution in [0.15, 0.2) is 47.8 Å². The molecule has 0 saturated carbocycles. The van der Waals surface area contributed by atoms with Crippen LogP contribution in [-0.4, -0.2) is 6.04 Å². The Morgan fingerprint density at radius 2 is 1.70 bits per heavy atom. The fraction of sp³-hybridized carbons (Fsp3) is 0.444. The predicted molar refractivity (Wildman–Crippen MR) is 89.3 cm³/mol. The first-order chi connectivity index (χ1) is 9.66. The molecule has 0 bridgehead atoms. The van der Waals surface area contributed by atoms with Crippen molar-refractivity contribution >= 4 is 11.3 Å². The summed E-state index contributed by atoms with van der Waals surface area (Å²) in [6, 6.07) is 16.0. The van der Waals surface area contributed by atoms with Crippen LogP contribution in [0.1, 0.15) is 50.1 Å². The van der Waals surface area contributed by atoms with Crippen molar-refractivity contribution in [3.8, 4) is 0 Å². The molecule has 1 nitrogen and oxygen atoms in total. The van der Waals surface area contributed by atoms with Crippen LogP contribution in [0.4, 0.5) is 0 Å². The van der Waals surface area contributed by atoms with Crippen LogP contribution in [0.5, 0.6) is 0 Å². The molecule has 0 aliphatic carbocycles. The number of hydrogen-bond acceptors (Lipinski definition) is 2. The first-order valence-electron chi connectivity index (χ1n) is 7.51. The minimum Gasteiger partial charge on any atom is -0.303 e. The lowest BCUT2D eigenvalue weighted by atomic mass is 10.0. The maximum atomic E-state index is 3.80. The van der Waals surface area contributed by atoms with Gasteiger partial charge in [-0.05, 0) is 42.7 Å². The van der Waals surface area contributed by atoms with Gasteiger partial charge in [-0.25, -0.2) is 0 Å². The normalized spacial score (nSPS) is 14.4. The van der Waals surface area contributed by atoms with E-state index in [1.807, 2.05) is 11.3 Å². The summed E-state index contributed by atoms with van der Waals surface area (Å²) in [5, 5.41) is 5.96. The van der Waals surface area contributed by atoms with E-state index in [0.717, 1.165) is 5.92 Å². The standard InChI is InChI=1S/C18H25NS/c1-14(2)11-12-15(3)19-18(17-10-7-13-20-17)16-8-5-4-6-9-16/h4-10,13-15,18-19H,11-12H2,1-3H3. The number of thiophene rings is 1. The zero-order valence-electron chi connectivity index (χ0n) is 12.7. The number of hydrogen-bond donors (Lipinski definition) is 1. The second-order valence-electron chi connectivity index (χ2n) is 5.90. The number of nitrogens with one attached hydrogen (secondary N) is 1. The third-order valence-electron chi connectivity index (χ3n) is 3.59. The van der Waals surface area contributed by atoms with E-state index >= 15 is 0 Å². The summed E-state index contributed by atoms with van der Waals surface area (Å²) >= 11 is 1.83. The lowest BCUT2D eigenvalue weighted by molar-refractivity contribution is 0.429. The van der Waals surface area contributed by atoms with E-state index in [1.165, 1.54) is 23.3 Å². The van der Waals surface area contributed by atoms with Crippen molar-refractivity contribution in [2.45, 2.75) is 45.7 Å². The summed E-state index contributed by atoms with van der Waals surface area (Å²) in [6.07, 6.45) is 2.51. The van der Waals surface area contributed by atoms with Crippen molar-refractivity contribution in [3.63, 3.8) is 0 Å². The molecule has 1 aromatic heterocycles. The van der Waals surface area contributed by atoms with Gasteiger partial charge < -0.3 is 5.32 Å². The van der Waals surface area contributed by atoms with Gasteiger partial charge in [0.2, 0.25) is 0 Å². The van der Waals surface area contributed by atoms with E-state index in [1.54, 1.807) is 0 Å². The highest BCUT2D eigenvalue weighted by molar-refractivity contribution is 7.10. The average molecular weight is 287 g/mol. The zero-order valence-corrected chi connectivity index (χ0v) is 13.5. The van der Waals surface area contributed by atoms with Gasteiger partial charge in [0.1, 0.15) is 0 Å². The molecule has 2 atom stereocenters. The lowest BCUT2D eigenvalue weighted by Gasteiger charge is -2.23. The fourth-order valence-electron chi connectivity index (χ4n) is 2.39. The second-order valence-corrected chi connectivity index (χ2v) is 6.88. The Kier molecular flexibility index (Phi) is 5.81. The highest BCUT2D eigenvalue weighted by Gasteiger charge is 2.17. The van der Waals surface area contributed by atoms with E-state index in [2.05, 4.69) is 73.9 Å². The molecule has 1 heterocycles. The quantitative estimate of drug-likeness (QED) is 0.733. The molecule has 2 unspecified atom stereocenters. The smallest absolute Gasteiger partial charge is 0.0673 e. The first kappa shape index (κ1) is 15.3. The Balaban J connectivity index is 2.08. The third-order valence-corrected chi connectivity index (χ3v) is 4.53. The number of benzene rings is 1. The van der Waals surface area contributed by atoms with E-state index < -0.39 is 0 Å². The maximum Gasteiger partial charge on any atom is 0.0673 e. The van der Waals surface area contributed by atoms with Gasteiger partial charge in [0.05, 0.1) is 6.04 Å². The second kappa shape index (κ2) is 7.61. The fourth-order valence-corrected chi connectivity index (χ4v) is 3.21. The molecule has 20 heavy (non-hydrogen) atoms.